The number of esters is 1. The maximum absolute atomic E-state index is 12.5. The molecule has 1 aromatic rings. The minimum Gasteiger partial charge on any atom is -0.461 e. The zero-order valence-corrected chi connectivity index (χ0v) is 8.96. The van der Waals surface area contributed by atoms with E-state index in [0.29, 0.717) is 0 Å². The van der Waals surface area contributed by atoms with Crippen LogP contribution in [-0.2, 0) is 4.74 Å². The van der Waals surface area contributed by atoms with E-state index in [0.717, 1.165) is 6.20 Å². The van der Waals surface area contributed by atoms with Crippen molar-refractivity contribution in [2.24, 2.45) is 0 Å². The second kappa shape index (κ2) is 4.87. The SMILES string of the molecule is CCOC(=O)c1ncc(C(F)F)c(N)c1C. The zero-order valence-electron chi connectivity index (χ0n) is 8.96. The third-order valence-corrected chi connectivity index (χ3v) is 2.11. The van der Waals surface area contributed by atoms with Gasteiger partial charge in [0.1, 0.15) is 0 Å². The number of hydrogen-bond donors (Lipinski definition) is 1. The standard InChI is InChI=1S/C10H12F2N2O2/c1-3-16-10(15)8-5(2)7(13)6(4-14-8)9(11)12/h4,9H,3H2,1-2H3,(H2,13,14). The number of carbonyl (C=O) groups is 1. The molecule has 2 N–H and O–H groups in total. The van der Waals surface area contributed by atoms with Crippen LogP contribution < -0.4 is 5.73 Å². The number of hydrogen-bond acceptors (Lipinski definition) is 4. The van der Waals surface area contributed by atoms with Gasteiger partial charge in [0.2, 0.25) is 0 Å². The van der Waals surface area contributed by atoms with E-state index in [4.69, 9.17) is 10.5 Å². The van der Waals surface area contributed by atoms with Gasteiger partial charge >= 0.3 is 5.97 Å². The van der Waals surface area contributed by atoms with E-state index in [2.05, 4.69) is 4.98 Å². The van der Waals surface area contributed by atoms with E-state index < -0.39 is 12.4 Å². The summed E-state index contributed by atoms with van der Waals surface area (Å²) in [4.78, 5) is 15.0. The molecule has 0 unspecified atom stereocenters. The number of halogens is 2. The van der Waals surface area contributed by atoms with Crippen LogP contribution in [0.25, 0.3) is 0 Å². The monoisotopic (exact) mass is 230 g/mol. The molecule has 16 heavy (non-hydrogen) atoms. The van der Waals surface area contributed by atoms with Crippen LogP contribution in [0.4, 0.5) is 14.5 Å². The maximum Gasteiger partial charge on any atom is 0.357 e. The summed E-state index contributed by atoms with van der Waals surface area (Å²) >= 11 is 0. The molecule has 6 heteroatoms. The molecule has 0 spiro atoms. The Labute approximate surface area is 91.4 Å². The Morgan fingerprint density at radius 2 is 2.25 bits per heavy atom. The van der Waals surface area contributed by atoms with Crippen LogP contribution in [0, 0.1) is 6.92 Å². The second-order valence-electron chi connectivity index (χ2n) is 3.12. The first-order chi connectivity index (χ1) is 7.49. The zero-order chi connectivity index (χ0) is 12.3. The average molecular weight is 230 g/mol. The fraction of sp³-hybridized carbons (Fsp3) is 0.400. The van der Waals surface area contributed by atoms with Crippen LogP contribution in [0.2, 0.25) is 0 Å². The van der Waals surface area contributed by atoms with Crippen molar-refractivity contribution in [2.75, 3.05) is 12.3 Å². The Morgan fingerprint density at radius 1 is 1.62 bits per heavy atom. The summed E-state index contributed by atoms with van der Waals surface area (Å²) in [5, 5.41) is 0. The Kier molecular flexibility index (Phi) is 3.76. The van der Waals surface area contributed by atoms with Crippen LogP contribution in [0.15, 0.2) is 6.20 Å². The molecule has 0 bridgehead atoms. The Hall–Kier alpha value is -1.72. The number of pyridine rings is 1. The molecule has 0 saturated heterocycles. The summed E-state index contributed by atoms with van der Waals surface area (Å²) in [6.45, 7) is 3.29. The van der Waals surface area contributed by atoms with Crippen LogP contribution in [-0.4, -0.2) is 17.6 Å². The predicted molar refractivity (Wildman–Crippen MR) is 54.3 cm³/mol. The lowest BCUT2D eigenvalue weighted by Crippen LogP contribution is -2.12. The lowest BCUT2D eigenvalue weighted by atomic mass is 10.1. The van der Waals surface area contributed by atoms with Crippen molar-refractivity contribution in [3.8, 4) is 0 Å². The first-order valence-electron chi connectivity index (χ1n) is 4.69. The minimum absolute atomic E-state index is 0.0243. The van der Waals surface area contributed by atoms with E-state index in [1.165, 1.54) is 6.92 Å². The molecular weight excluding hydrogens is 218 g/mol. The predicted octanol–water partition coefficient (Wildman–Crippen LogP) is 2.09. The summed E-state index contributed by atoms with van der Waals surface area (Å²) in [6, 6.07) is 0. The number of nitrogens with zero attached hydrogens (tertiary/aromatic N) is 1. The number of anilines is 1. The molecule has 0 aliphatic heterocycles. The Balaban J connectivity index is 3.16. The van der Waals surface area contributed by atoms with Gasteiger partial charge in [0.25, 0.3) is 6.43 Å². The summed E-state index contributed by atoms with van der Waals surface area (Å²) in [7, 11) is 0. The van der Waals surface area contributed by atoms with Crippen molar-refractivity contribution in [3.63, 3.8) is 0 Å². The summed E-state index contributed by atoms with van der Waals surface area (Å²) in [6.07, 6.45) is -1.80. The number of nitrogens with two attached hydrogens (primary N) is 1. The van der Waals surface area contributed by atoms with Crippen LogP contribution in [0.3, 0.4) is 0 Å². The van der Waals surface area contributed by atoms with Crippen molar-refractivity contribution in [1.29, 1.82) is 0 Å². The molecule has 0 atom stereocenters. The van der Waals surface area contributed by atoms with Crippen molar-refractivity contribution >= 4 is 11.7 Å². The molecule has 88 valence electrons. The van der Waals surface area contributed by atoms with Gasteiger partial charge in [-0.15, -0.1) is 0 Å². The summed E-state index contributed by atoms with van der Waals surface area (Å²) in [5.41, 5.74) is 5.20. The average Bonchev–Trinajstić information content (AvgIpc) is 2.21. The third kappa shape index (κ3) is 2.26. The van der Waals surface area contributed by atoms with Gasteiger partial charge in [0.05, 0.1) is 12.2 Å². The van der Waals surface area contributed by atoms with Gasteiger partial charge in [-0.2, -0.15) is 0 Å². The smallest absolute Gasteiger partial charge is 0.357 e. The van der Waals surface area contributed by atoms with Gasteiger partial charge in [-0.25, -0.2) is 18.6 Å². The van der Waals surface area contributed by atoms with Crippen LogP contribution in [0.1, 0.15) is 35.0 Å². The number of alkyl halides is 2. The number of carbonyl (C=O) groups excluding carboxylic acids is 1. The van der Waals surface area contributed by atoms with E-state index in [1.54, 1.807) is 6.92 Å². The fourth-order valence-corrected chi connectivity index (χ4v) is 1.22. The van der Waals surface area contributed by atoms with Crippen molar-refractivity contribution in [1.82, 2.24) is 4.98 Å². The molecule has 0 aromatic carbocycles. The normalized spacial score (nSPS) is 10.6. The molecule has 1 heterocycles. The van der Waals surface area contributed by atoms with Crippen molar-refractivity contribution in [3.05, 3.63) is 23.0 Å². The molecule has 0 saturated carbocycles. The van der Waals surface area contributed by atoms with Crippen LogP contribution in [0.5, 0.6) is 0 Å². The fourth-order valence-electron chi connectivity index (χ4n) is 1.22. The molecule has 0 radical (unpaired) electrons. The van der Waals surface area contributed by atoms with Gasteiger partial charge in [0.15, 0.2) is 5.69 Å². The van der Waals surface area contributed by atoms with E-state index in [-0.39, 0.29) is 29.1 Å². The van der Waals surface area contributed by atoms with Gasteiger partial charge in [-0.1, -0.05) is 0 Å². The molecule has 0 amide bonds. The second-order valence-corrected chi connectivity index (χ2v) is 3.12. The van der Waals surface area contributed by atoms with E-state index in [9.17, 15) is 13.6 Å². The van der Waals surface area contributed by atoms with Gasteiger partial charge in [0, 0.05) is 17.4 Å². The highest BCUT2D eigenvalue weighted by Crippen LogP contribution is 2.28. The number of aromatic nitrogens is 1. The Bertz CT molecular complexity index is 408. The largest absolute Gasteiger partial charge is 0.461 e. The van der Waals surface area contributed by atoms with Crippen molar-refractivity contribution in [2.45, 2.75) is 20.3 Å². The number of nitrogen functional groups attached to an aromatic ring is 1. The molecule has 0 aliphatic rings. The van der Waals surface area contributed by atoms with Gasteiger partial charge in [-0.05, 0) is 13.8 Å². The maximum atomic E-state index is 12.5. The summed E-state index contributed by atoms with van der Waals surface area (Å²) < 4.78 is 29.6. The summed E-state index contributed by atoms with van der Waals surface area (Å²) in [5.74, 6) is -0.660. The lowest BCUT2D eigenvalue weighted by molar-refractivity contribution is 0.0518. The first-order valence-corrected chi connectivity index (χ1v) is 4.69. The van der Waals surface area contributed by atoms with Gasteiger partial charge in [-0.3, -0.25) is 0 Å². The van der Waals surface area contributed by atoms with E-state index >= 15 is 0 Å². The quantitative estimate of drug-likeness (QED) is 0.807. The highest BCUT2D eigenvalue weighted by atomic mass is 19.3. The molecule has 0 aliphatic carbocycles. The Morgan fingerprint density at radius 3 is 2.75 bits per heavy atom. The van der Waals surface area contributed by atoms with Crippen LogP contribution >= 0.6 is 0 Å². The van der Waals surface area contributed by atoms with Crippen molar-refractivity contribution < 1.29 is 18.3 Å². The third-order valence-electron chi connectivity index (χ3n) is 2.11. The minimum atomic E-state index is -2.71. The topological polar surface area (TPSA) is 65.2 Å². The lowest BCUT2D eigenvalue weighted by Gasteiger charge is -2.10. The van der Waals surface area contributed by atoms with Gasteiger partial charge < -0.3 is 10.5 Å². The molecule has 4 nitrogen and oxygen atoms in total. The number of rotatable bonds is 3. The first kappa shape index (κ1) is 12.4. The molecule has 1 rings (SSSR count). The number of ether oxygens (including phenoxy) is 1. The van der Waals surface area contributed by atoms with E-state index in [1.807, 2.05) is 0 Å². The molecule has 1 aromatic heterocycles. The molecular formula is C10H12F2N2O2. The molecule has 0 fully saturated rings. The highest BCUT2D eigenvalue weighted by molar-refractivity contribution is 5.90. The highest BCUT2D eigenvalue weighted by Gasteiger charge is 2.20.